The van der Waals surface area contributed by atoms with Gasteiger partial charge < -0.3 is 5.73 Å². The van der Waals surface area contributed by atoms with Crippen LogP contribution in [-0.4, -0.2) is 9.85 Å². The lowest BCUT2D eigenvalue weighted by molar-refractivity contribution is -0.387. The number of para-hydroxylation sites is 1. The van der Waals surface area contributed by atoms with Crippen LogP contribution < -0.4 is 5.73 Å². The highest BCUT2D eigenvalue weighted by Crippen LogP contribution is 2.41. The van der Waals surface area contributed by atoms with E-state index in [0.29, 0.717) is 20.9 Å². The van der Waals surface area contributed by atoms with Gasteiger partial charge in [0.25, 0.3) is 11.4 Å². The Morgan fingerprint density at radius 3 is 2.27 bits per heavy atom. The molecule has 0 spiro atoms. The van der Waals surface area contributed by atoms with Crippen molar-refractivity contribution in [2.24, 2.45) is 0 Å². The summed E-state index contributed by atoms with van der Waals surface area (Å²) in [5.41, 5.74) is 6.66. The van der Waals surface area contributed by atoms with Crippen LogP contribution in [0, 0.1) is 34.1 Å². The third kappa shape index (κ3) is 2.86. The van der Waals surface area contributed by atoms with E-state index >= 15 is 0 Å². The number of nitro groups is 2. The molecule has 0 aliphatic rings. The van der Waals surface area contributed by atoms with E-state index in [1.165, 1.54) is 6.07 Å². The average Bonchev–Trinajstić information content (AvgIpc) is 2.45. The second-order valence-electron chi connectivity index (χ2n) is 4.66. The summed E-state index contributed by atoms with van der Waals surface area (Å²) in [4.78, 5) is 22.2. The van der Waals surface area contributed by atoms with Gasteiger partial charge in [-0.1, -0.05) is 23.9 Å². The maximum Gasteiger partial charge on any atom is 0.296 e. The van der Waals surface area contributed by atoms with Crippen molar-refractivity contribution in [2.45, 2.75) is 23.6 Å². The zero-order valence-electron chi connectivity index (χ0n) is 11.9. The largest absolute Gasteiger partial charge is 0.393 e. The first-order valence-electron chi connectivity index (χ1n) is 6.28. The van der Waals surface area contributed by atoms with E-state index in [-0.39, 0.29) is 17.1 Å². The van der Waals surface area contributed by atoms with Crippen LogP contribution in [0.4, 0.5) is 17.1 Å². The van der Waals surface area contributed by atoms with Crippen LogP contribution in [0.1, 0.15) is 11.1 Å². The summed E-state index contributed by atoms with van der Waals surface area (Å²) in [6, 6.07) is 7.98. The maximum atomic E-state index is 11.2. The van der Waals surface area contributed by atoms with Crippen LogP contribution in [0.15, 0.2) is 40.1 Å². The van der Waals surface area contributed by atoms with Crippen LogP contribution in [0.5, 0.6) is 0 Å². The smallest absolute Gasteiger partial charge is 0.296 e. The predicted molar refractivity (Wildman–Crippen MR) is 84.2 cm³/mol. The number of hydrogen-bond donors (Lipinski definition) is 1. The average molecular weight is 319 g/mol. The molecule has 0 amide bonds. The molecular formula is C14H13N3O4S. The molecule has 8 heteroatoms. The topological polar surface area (TPSA) is 112 Å². The van der Waals surface area contributed by atoms with Crippen LogP contribution in [-0.2, 0) is 0 Å². The summed E-state index contributed by atoms with van der Waals surface area (Å²) in [5.74, 6) is 0. The number of aryl methyl sites for hydroxylation is 1. The molecule has 0 radical (unpaired) electrons. The van der Waals surface area contributed by atoms with Crippen molar-refractivity contribution >= 4 is 28.8 Å². The Hall–Kier alpha value is -2.61. The van der Waals surface area contributed by atoms with Gasteiger partial charge in [0.1, 0.15) is 5.69 Å². The minimum absolute atomic E-state index is 0.0379. The first-order chi connectivity index (χ1) is 10.3. The molecule has 0 unspecified atom stereocenters. The number of hydrogen-bond acceptors (Lipinski definition) is 6. The number of nitro benzene ring substituents is 2. The van der Waals surface area contributed by atoms with E-state index in [9.17, 15) is 20.2 Å². The highest BCUT2D eigenvalue weighted by atomic mass is 32.2. The Morgan fingerprint density at radius 1 is 1.05 bits per heavy atom. The summed E-state index contributed by atoms with van der Waals surface area (Å²) in [6.45, 7) is 3.26. The number of nitrogen functional groups attached to an aromatic ring is 1. The summed E-state index contributed by atoms with van der Waals surface area (Å²) < 4.78 is 0. The van der Waals surface area contributed by atoms with Crippen molar-refractivity contribution in [3.63, 3.8) is 0 Å². The molecule has 0 fully saturated rings. The molecule has 0 saturated heterocycles. The minimum atomic E-state index is -0.527. The fourth-order valence-corrected chi connectivity index (χ4v) is 3.16. The van der Waals surface area contributed by atoms with E-state index in [1.54, 1.807) is 38.1 Å². The molecule has 2 N–H and O–H groups in total. The monoisotopic (exact) mass is 319 g/mol. The van der Waals surface area contributed by atoms with Crippen molar-refractivity contribution in [3.8, 4) is 0 Å². The summed E-state index contributed by atoms with van der Waals surface area (Å²) in [5, 5.41) is 22.2. The number of nitrogens with zero attached hydrogens (tertiary/aromatic N) is 2. The standard InChI is InChI=1S/C14H13N3O4S/c1-8-7-12(9(2)14(13(8)15)17(20)21)22-11-6-4-3-5-10(11)16(18)19/h3-7H,15H2,1-2H3. The molecule has 2 aromatic rings. The molecule has 7 nitrogen and oxygen atoms in total. The van der Waals surface area contributed by atoms with Crippen molar-refractivity contribution in [3.05, 3.63) is 61.7 Å². The molecule has 0 heterocycles. The van der Waals surface area contributed by atoms with E-state index in [0.717, 1.165) is 11.8 Å². The summed E-state index contributed by atoms with van der Waals surface area (Å²) >= 11 is 1.12. The van der Waals surface area contributed by atoms with E-state index in [4.69, 9.17) is 5.73 Å². The lowest BCUT2D eigenvalue weighted by atomic mass is 10.1. The number of benzene rings is 2. The van der Waals surface area contributed by atoms with Crippen molar-refractivity contribution < 1.29 is 9.85 Å². The Balaban J connectivity index is 2.56. The van der Waals surface area contributed by atoms with Gasteiger partial charge in [0, 0.05) is 16.5 Å². The molecule has 0 aliphatic heterocycles. The molecule has 0 bridgehead atoms. The fraction of sp³-hybridized carbons (Fsp3) is 0.143. The SMILES string of the molecule is Cc1cc(Sc2ccccc2[N+](=O)[O-])c(C)c([N+](=O)[O-])c1N. The van der Waals surface area contributed by atoms with Gasteiger partial charge in [-0.15, -0.1) is 0 Å². The molecule has 2 rings (SSSR count). The van der Waals surface area contributed by atoms with Crippen molar-refractivity contribution in [1.82, 2.24) is 0 Å². The molecule has 2 aromatic carbocycles. The third-order valence-corrected chi connectivity index (χ3v) is 4.43. The van der Waals surface area contributed by atoms with Crippen LogP contribution >= 0.6 is 11.8 Å². The van der Waals surface area contributed by atoms with Gasteiger partial charge in [-0.05, 0) is 31.5 Å². The van der Waals surface area contributed by atoms with Crippen molar-refractivity contribution in [2.75, 3.05) is 5.73 Å². The summed E-state index contributed by atoms with van der Waals surface area (Å²) in [7, 11) is 0. The van der Waals surface area contributed by atoms with Gasteiger partial charge in [0.05, 0.1) is 14.7 Å². The predicted octanol–water partition coefficient (Wildman–Crippen LogP) is 3.85. The van der Waals surface area contributed by atoms with Gasteiger partial charge in [-0.25, -0.2) is 0 Å². The molecule has 0 atom stereocenters. The molecule has 114 valence electrons. The fourth-order valence-electron chi connectivity index (χ4n) is 2.04. The van der Waals surface area contributed by atoms with E-state index < -0.39 is 9.85 Å². The molecular weight excluding hydrogens is 306 g/mol. The highest BCUT2D eigenvalue weighted by molar-refractivity contribution is 7.99. The number of nitrogens with two attached hydrogens (primary N) is 1. The van der Waals surface area contributed by atoms with Crippen LogP contribution in [0.2, 0.25) is 0 Å². The third-order valence-electron chi connectivity index (χ3n) is 3.22. The Morgan fingerprint density at radius 2 is 1.68 bits per heavy atom. The quantitative estimate of drug-likeness (QED) is 0.520. The van der Waals surface area contributed by atoms with Gasteiger partial charge in [0.2, 0.25) is 0 Å². The van der Waals surface area contributed by atoms with Crippen LogP contribution in [0.3, 0.4) is 0 Å². The Bertz CT molecular complexity index is 777. The lowest BCUT2D eigenvalue weighted by Crippen LogP contribution is -2.02. The molecule has 0 aromatic heterocycles. The van der Waals surface area contributed by atoms with Gasteiger partial charge in [-0.2, -0.15) is 0 Å². The lowest BCUT2D eigenvalue weighted by Gasteiger charge is -2.10. The van der Waals surface area contributed by atoms with Gasteiger partial charge in [-0.3, -0.25) is 20.2 Å². The zero-order valence-corrected chi connectivity index (χ0v) is 12.7. The summed E-state index contributed by atoms with van der Waals surface area (Å²) in [6.07, 6.45) is 0. The molecule has 0 aliphatic carbocycles. The van der Waals surface area contributed by atoms with E-state index in [1.807, 2.05) is 0 Å². The normalized spacial score (nSPS) is 10.5. The van der Waals surface area contributed by atoms with Gasteiger partial charge in [0.15, 0.2) is 0 Å². The second kappa shape index (κ2) is 6.02. The van der Waals surface area contributed by atoms with E-state index in [2.05, 4.69) is 0 Å². The van der Waals surface area contributed by atoms with Crippen molar-refractivity contribution in [1.29, 1.82) is 0 Å². The molecule has 0 saturated carbocycles. The number of anilines is 1. The Kier molecular flexibility index (Phi) is 4.32. The van der Waals surface area contributed by atoms with Crippen LogP contribution in [0.25, 0.3) is 0 Å². The zero-order chi connectivity index (χ0) is 16.4. The first kappa shape index (κ1) is 15.8. The second-order valence-corrected chi connectivity index (χ2v) is 5.75. The molecule has 22 heavy (non-hydrogen) atoms. The van der Waals surface area contributed by atoms with Gasteiger partial charge >= 0.3 is 0 Å². The number of rotatable bonds is 4. The Labute approximate surface area is 130 Å². The first-order valence-corrected chi connectivity index (χ1v) is 7.10. The maximum absolute atomic E-state index is 11.2. The highest BCUT2D eigenvalue weighted by Gasteiger charge is 2.23. The minimum Gasteiger partial charge on any atom is -0.393 e.